The highest BCUT2D eigenvalue weighted by molar-refractivity contribution is 6.33. The van der Waals surface area contributed by atoms with Gasteiger partial charge in [0.25, 0.3) is 5.91 Å². The highest BCUT2D eigenvalue weighted by Gasteiger charge is 2.35. The highest BCUT2D eigenvalue weighted by atomic mass is 35.5. The number of anilines is 1. The average molecular weight is 497 g/mol. The molecule has 2 fully saturated rings. The van der Waals surface area contributed by atoms with Gasteiger partial charge in [0.05, 0.1) is 41.3 Å². The SMILES string of the molecule is COc1ccc(C#N)cc1C(Nc1ncc(C(=O)NC[C@H]2CC[C@H](C(=O)O)CC2)cc1Cl)C1CC1. The number of aliphatic carboxylic acids is 1. The predicted octanol–water partition coefficient (Wildman–Crippen LogP) is 4.80. The van der Waals surface area contributed by atoms with Crippen molar-refractivity contribution in [3.63, 3.8) is 0 Å². The fraction of sp³-hybridized carbons (Fsp3) is 0.462. The lowest BCUT2D eigenvalue weighted by molar-refractivity contribution is -0.143. The van der Waals surface area contributed by atoms with Crippen molar-refractivity contribution < 1.29 is 19.4 Å². The van der Waals surface area contributed by atoms with Gasteiger partial charge in [0.1, 0.15) is 11.6 Å². The lowest BCUT2D eigenvalue weighted by Gasteiger charge is -2.26. The number of halogens is 1. The summed E-state index contributed by atoms with van der Waals surface area (Å²) >= 11 is 6.51. The van der Waals surface area contributed by atoms with Gasteiger partial charge in [0, 0.05) is 18.3 Å². The molecule has 8 nitrogen and oxygen atoms in total. The van der Waals surface area contributed by atoms with Gasteiger partial charge < -0.3 is 20.5 Å². The number of nitrogens with one attached hydrogen (secondary N) is 2. The molecule has 9 heteroatoms. The highest BCUT2D eigenvalue weighted by Crippen LogP contribution is 2.46. The van der Waals surface area contributed by atoms with Crippen LogP contribution in [0.5, 0.6) is 5.75 Å². The predicted molar refractivity (Wildman–Crippen MR) is 131 cm³/mol. The number of nitriles is 1. The first-order valence-electron chi connectivity index (χ1n) is 11.9. The summed E-state index contributed by atoms with van der Waals surface area (Å²) in [7, 11) is 1.60. The molecule has 1 aromatic heterocycles. The van der Waals surface area contributed by atoms with Crippen LogP contribution in [-0.2, 0) is 4.79 Å². The molecule has 1 amide bonds. The Kier molecular flexibility index (Phi) is 7.76. The molecule has 0 bridgehead atoms. The first-order valence-corrected chi connectivity index (χ1v) is 12.3. The molecule has 1 unspecified atom stereocenters. The zero-order chi connectivity index (χ0) is 24.9. The molecule has 3 N–H and O–H groups in total. The molecular weight excluding hydrogens is 468 g/mol. The molecule has 1 heterocycles. The number of carbonyl (C=O) groups is 2. The molecule has 0 spiro atoms. The quantitative estimate of drug-likeness (QED) is 0.455. The molecule has 2 aliphatic carbocycles. The Morgan fingerprint density at radius 3 is 2.57 bits per heavy atom. The van der Waals surface area contributed by atoms with E-state index in [0.717, 1.165) is 31.2 Å². The van der Waals surface area contributed by atoms with Gasteiger partial charge in [0.2, 0.25) is 0 Å². The van der Waals surface area contributed by atoms with Gasteiger partial charge in [-0.3, -0.25) is 9.59 Å². The van der Waals surface area contributed by atoms with Gasteiger partial charge in [0.15, 0.2) is 0 Å². The van der Waals surface area contributed by atoms with E-state index in [2.05, 4.69) is 21.7 Å². The molecule has 0 aliphatic heterocycles. The second-order valence-electron chi connectivity index (χ2n) is 9.35. The minimum atomic E-state index is -0.734. The first-order chi connectivity index (χ1) is 16.9. The van der Waals surface area contributed by atoms with Crippen molar-refractivity contribution in [2.24, 2.45) is 17.8 Å². The molecule has 2 aromatic rings. The van der Waals surface area contributed by atoms with E-state index in [1.54, 1.807) is 25.3 Å². The molecule has 0 radical (unpaired) electrons. The van der Waals surface area contributed by atoms with E-state index >= 15 is 0 Å². The van der Waals surface area contributed by atoms with Gasteiger partial charge >= 0.3 is 5.97 Å². The molecule has 2 saturated carbocycles. The van der Waals surface area contributed by atoms with Crippen molar-refractivity contribution in [2.45, 2.75) is 44.6 Å². The fourth-order valence-electron chi connectivity index (χ4n) is 4.69. The first kappa shape index (κ1) is 24.8. The van der Waals surface area contributed by atoms with Gasteiger partial charge in [-0.1, -0.05) is 11.6 Å². The van der Waals surface area contributed by atoms with E-state index in [1.165, 1.54) is 6.20 Å². The summed E-state index contributed by atoms with van der Waals surface area (Å²) in [5.41, 5.74) is 1.80. The van der Waals surface area contributed by atoms with E-state index in [9.17, 15) is 14.9 Å². The lowest BCUT2D eigenvalue weighted by Crippen LogP contribution is -2.32. The smallest absolute Gasteiger partial charge is 0.306 e. The van der Waals surface area contributed by atoms with Crippen LogP contribution in [0, 0.1) is 29.1 Å². The molecule has 1 atom stereocenters. The standard InChI is InChI=1S/C26H29ClN4O4/c1-35-22-9-4-16(12-28)10-20(22)23(17-7-8-17)31-24-21(27)11-19(14-29-24)25(32)30-13-15-2-5-18(6-3-15)26(33)34/h4,9-11,14-15,17-18,23H,2-3,5-8,13H2,1H3,(H,29,31)(H,30,32)(H,33,34)/t15-,18-,23?. The van der Waals surface area contributed by atoms with Crippen LogP contribution in [0.3, 0.4) is 0 Å². The normalized spacial score (nSPS) is 20.4. The molecule has 184 valence electrons. The monoisotopic (exact) mass is 496 g/mol. The number of benzene rings is 1. The van der Waals surface area contributed by atoms with Gasteiger partial charge in [-0.2, -0.15) is 5.26 Å². The third-order valence-corrected chi connectivity index (χ3v) is 7.22. The Bertz CT molecular complexity index is 1140. The number of aromatic nitrogens is 1. The van der Waals surface area contributed by atoms with Crippen LogP contribution in [0.1, 0.15) is 66.1 Å². The summed E-state index contributed by atoms with van der Waals surface area (Å²) in [6, 6.07) is 9.00. The lowest BCUT2D eigenvalue weighted by atomic mass is 9.82. The van der Waals surface area contributed by atoms with Gasteiger partial charge in [-0.15, -0.1) is 0 Å². The number of rotatable bonds is 9. The number of carboxylic acids is 1. The molecular formula is C26H29ClN4O4. The van der Waals surface area contributed by atoms with E-state index in [-0.39, 0.29) is 23.8 Å². The second-order valence-corrected chi connectivity index (χ2v) is 9.76. The van der Waals surface area contributed by atoms with Crippen LogP contribution >= 0.6 is 11.6 Å². The van der Waals surface area contributed by atoms with E-state index in [1.807, 2.05) is 6.07 Å². The maximum absolute atomic E-state index is 12.7. The van der Waals surface area contributed by atoms with Crippen LogP contribution in [-0.4, -0.2) is 35.6 Å². The van der Waals surface area contributed by atoms with Crippen LogP contribution in [0.15, 0.2) is 30.5 Å². The summed E-state index contributed by atoms with van der Waals surface area (Å²) in [6.07, 6.45) is 6.46. The van der Waals surface area contributed by atoms with Crippen molar-refractivity contribution in [3.8, 4) is 11.8 Å². The Labute approximate surface area is 209 Å². The number of pyridine rings is 1. The summed E-state index contributed by atoms with van der Waals surface area (Å²) in [5, 5.41) is 25.1. The summed E-state index contributed by atoms with van der Waals surface area (Å²) in [5.74, 6) is 0.545. The third kappa shape index (κ3) is 6.04. The number of ether oxygens (including phenoxy) is 1. The Balaban J connectivity index is 1.41. The van der Waals surface area contributed by atoms with Crippen molar-refractivity contribution in [1.82, 2.24) is 10.3 Å². The Hall–Kier alpha value is -3.31. The number of methoxy groups -OCH3 is 1. The van der Waals surface area contributed by atoms with E-state index in [4.69, 9.17) is 21.4 Å². The number of nitrogens with zero attached hydrogens (tertiary/aromatic N) is 2. The van der Waals surface area contributed by atoms with Crippen LogP contribution < -0.4 is 15.4 Å². The van der Waals surface area contributed by atoms with E-state index < -0.39 is 5.97 Å². The minimum absolute atomic E-state index is 0.121. The maximum atomic E-state index is 12.7. The van der Waals surface area contributed by atoms with Crippen molar-refractivity contribution in [2.75, 3.05) is 19.0 Å². The van der Waals surface area contributed by atoms with Crippen molar-refractivity contribution in [3.05, 3.63) is 52.2 Å². The summed E-state index contributed by atoms with van der Waals surface area (Å²) in [6.45, 7) is 0.502. The Morgan fingerprint density at radius 2 is 1.97 bits per heavy atom. The topological polar surface area (TPSA) is 124 Å². The van der Waals surface area contributed by atoms with Gasteiger partial charge in [-0.05, 0) is 74.6 Å². The Morgan fingerprint density at radius 1 is 1.23 bits per heavy atom. The van der Waals surface area contributed by atoms with Crippen LogP contribution in [0.25, 0.3) is 0 Å². The van der Waals surface area contributed by atoms with Crippen molar-refractivity contribution >= 4 is 29.3 Å². The van der Waals surface area contributed by atoms with Crippen molar-refractivity contribution in [1.29, 1.82) is 5.26 Å². The maximum Gasteiger partial charge on any atom is 0.306 e. The molecule has 2 aliphatic rings. The molecule has 0 saturated heterocycles. The zero-order valence-electron chi connectivity index (χ0n) is 19.6. The number of carbonyl (C=O) groups excluding carboxylic acids is 1. The number of amides is 1. The minimum Gasteiger partial charge on any atom is -0.496 e. The molecule has 1 aromatic carbocycles. The third-order valence-electron chi connectivity index (χ3n) is 6.93. The molecule has 4 rings (SSSR count). The average Bonchev–Trinajstić information content (AvgIpc) is 3.71. The summed E-state index contributed by atoms with van der Waals surface area (Å²) < 4.78 is 5.53. The molecule has 35 heavy (non-hydrogen) atoms. The number of hydrogen-bond donors (Lipinski definition) is 3. The largest absolute Gasteiger partial charge is 0.496 e. The number of hydrogen-bond acceptors (Lipinski definition) is 6. The van der Waals surface area contributed by atoms with E-state index in [0.29, 0.717) is 53.0 Å². The van der Waals surface area contributed by atoms with Gasteiger partial charge in [-0.25, -0.2) is 4.98 Å². The second kappa shape index (κ2) is 11.0. The summed E-state index contributed by atoms with van der Waals surface area (Å²) in [4.78, 5) is 28.2. The van der Waals surface area contributed by atoms with Crippen LogP contribution in [0.2, 0.25) is 5.02 Å². The zero-order valence-corrected chi connectivity index (χ0v) is 20.3. The van der Waals surface area contributed by atoms with Crippen LogP contribution in [0.4, 0.5) is 5.82 Å². The fourth-order valence-corrected chi connectivity index (χ4v) is 4.92. The number of carboxylic acid groups (broad SMARTS) is 1.